The quantitative estimate of drug-likeness (QED) is 0.501. The smallest absolute Gasteiger partial charge is 0.291 e. The number of hydrogen-bond donors (Lipinski definition) is 0. The minimum Gasteiger partial charge on any atom is -0.291 e. The Morgan fingerprint density at radius 1 is 1.19 bits per heavy atom. The summed E-state index contributed by atoms with van der Waals surface area (Å²) in [5, 5.41) is 9.91. The minimum atomic E-state index is -4.53. The summed E-state index contributed by atoms with van der Waals surface area (Å²) in [7, 11) is 0. The molecule has 0 unspecified atom stereocenters. The van der Waals surface area contributed by atoms with Crippen LogP contribution >= 0.6 is 22.9 Å². The van der Waals surface area contributed by atoms with Crippen LogP contribution in [0.5, 0.6) is 0 Å². The van der Waals surface area contributed by atoms with Gasteiger partial charge in [-0.15, -0.1) is 11.3 Å². The number of rotatable bonds is 4. The van der Waals surface area contributed by atoms with Gasteiger partial charge in [0.15, 0.2) is 11.7 Å². The van der Waals surface area contributed by atoms with Crippen LogP contribution in [0.4, 0.5) is 13.2 Å². The van der Waals surface area contributed by atoms with Crippen molar-refractivity contribution in [3.05, 3.63) is 75.9 Å². The van der Waals surface area contributed by atoms with Gasteiger partial charge in [0.25, 0.3) is 0 Å². The lowest BCUT2D eigenvalue weighted by Gasteiger charge is -2.09. The summed E-state index contributed by atoms with van der Waals surface area (Å²) in [6.45, 7) is 0. The molecule has 0 N–H and O–H groups in total. The predicted octanol–water partition coefficient (Wildman–Crippen LogP) is 5.97. The molecular weight excluding hydrogens is 397 g/mol. The number of nitriles is 1. The van der Waals surface area contributed by atoms with E-state index in [4.69, 9.17) is 11.6 Å². The van der Waals surface area contributed by atoms with Gasteiger partial charge in [-0.1, -0.05) is 23.7 Å². The van der Waals surface area contributed by atoms with E-state index in [9.17, 15) is 23.2 Å². The zero-order valence-corrected chi connectivity index (χ0v) is 15.1. The molecule has 8 heteroatoms. The summed E-state index contributed by atoms with van der Waals surface area (Å²) >= 11 is 7.15. The van der Waals surface area contributed by atoms with E-state index in [1.165, 1.54) is 11.3 Å². The highest BCUT2D eigenvalue weighted by Crippen LogP contribution is 2.33. The van der Waals surface area contributed by atoms with E-state index in [2.05, 4.69) is 4.98 Å². The van der Waals surface area contributed by atoms with Gasteiger partial charge < -0.3 is 0 Å². The van der Waals surface area contributed by atoms with Gasteiger partial charge in [-0.05, 0) is 42.0 Å². The molecule has 0 aliphatic heterocycles. The van der Waals surface area contributed by atoms with Crippen molar-refractivity contribution in [3.63, 3.8) is 0 Å². The first kappa shape index (κ1) is 19.1. The molecule has 1 aromatic carbocycles. The predicted molar refractivity (Wildman–Crippen MR) is 96.7 cm³/mol. The van der Waals surface area contributed by atoms with E-state index in [1.807, 2.05) is 12.1 Å². The van der Waals surface area contributed by atoms with Crippen molar-refractivity contribution in [3.8, 4) is 16.5 Å². The molecule has 0 saturated carbocycles. The van der Waals surface area contributed by atoms with Crippen LogP contribution in [0.2, 0.25) is 5.02 Å². The number of pyridine rings is 1. The Morgan fingerprint density at radius 3 is 2.56 bits per heavy atom. The number of thiophene rings is 1. The summed E-state index contributed by atoms with van der Waals surface area (Å²) in [4.78, 5) is 17.4. The Kier molecular flexibility index (Phi) is 5.31. The first-order valence-corrected chi connectivity index (χ1v) is 8.82. The van der Waals surface area contributed by atoms with Crippen molar-refractivity contribution in [1.29, 1.82) is 5.26 Å². The minimum absolute atomic E-state index is 0.0202. The second kappa shape index (κ2) is 7.51. The third kappa shape index (κ3) is 4.18. The number of carbonyl (C=O) groups is 1. The lowest BCUT2D eigenvalue weighted by molar-refractivity contribution is -0.137. The van der Waals surface area contributed by atoms with Gasteiger partial charge in [-0.2, -0.15) is 18.4 Å². The average molecular weight is 407 g/mol. The lowest BCUT2D eigenvalue weighted by atomic mass is 9.99. The molecule has 3 aromatic rings. The topological polar surface area (TPSA) is 53.8 Å². The van der Waals surface area contributed by atoms with Gasteiger partial charge in [0, 0.05) is 16.1 Å². The zero-order valence-electron chi connectivity index (χ0n) is 13.5. The number of carbonyl (C=O) groups excluding carboxylic acids is 1. The summed E-state index contributed by atoms with van der Waals surface area (Å²) in [5.74, 6) is -1.79. The monoisotopic (exact) mass is 406 g/mol. The Morgan fingerprint density at radius 2 is 1.96 bits per heavy atom. The number of aromatic nitrogens is 1. The van der Waals surface area contributed by atoms with Crippen LogP contribution in [0.15, 0.2) is 54.7 Å². The molecule has 0 spiro atoms. The van der Waals surface area contributed by atoms with E-state index in [1.54, 1.807) is 30.3 Å². The maximum atomic E-state index is 12.7. The molecule has 2 heterocycles. The van der Waals surface area contributed by atoms with E-state index in [0.717, 1.165) is 22.6 Å². The second-order valence-electron chi connectivity index (χ2n) is 5.57. The first-order valence-electron chi connectivity index (χ1n) is 7.62. The van der Waals surface area contributed by atoms with Crippen LogP contribution in [0.3, 0.4) is 0 Å². The van der Waals surface area contributed by atoms with E-state index >= 15 is 0 Å². The first-order chi connectivity index (χ1) is 12.8. The molecule has 136 valence electrons. The van der Waals surface area contributed by atoms with Gasteiger partial charge in [0.05, 0.1) is 22.2 Å². The SMILES string of the molecule is N#C[C@@H](C(=O)c1ccc(-c2cccc(Cl)c2)s1)c1ccc(C(F)(F)F)cn1. The van der Waals surface area contributed by atoms with Crippen LogP contribution in [0.25, 0.3) is 10.4 Å². The van der Waals surface area contributed by atoms with Gasteiger partial charge >= 0.3 is 6.18 Å². The number of nitrogens with zero attached hydrogens (tertiary/aromatic N) is 2. The molecular formula is C19H10ClF3N2OS. The Hall–Kier alpha value is -2.69. The van der Waals surface area contributed by atoms with Gasteiger partial charge in [0.2, 0.25) is 0 Å². The van der Waals surface area contributed by atoms with E-state index in [0.29, 0.717) is 16.1 Å². The highest BCUT2D eigenvalue weighted by Gasteiger charge is 2.32. The standard InChI is InChI=1S/C19H10ClF3N2OS/c20-13-3-1-2-11(8-13)16-6-7-17(27-16)18(26)14(9-24)15-5-4-12(10-25-15)19(21,22)23/h1-8,10,14H/t14-/m1/s1. The fourth-order valence-electron chi connectivity index (χ4n) is 2.41. The fourth-order valence-corrected chi connectivity index (χ4v) is 3.57. The number of ketones is 1. The molecule has 3 nitrogen and oxygen atoms in total. The Bertz CT molecular complexity index is 1020. The molecule has 3 rings (SSSR count). The highest BCUT2D eigenvalue weighted by atomic mass is 35.5. The summed E-state index contributed by atoms with van der Waals surface area (Å²) in [6.07, 6.45) is -3.91. The van der Waals surface area contributed by atoms with Crippen LogP contribution in [0.1, 0.15) is 26.8 Å². The van der Waals surface area contributed by atoms with Crippen molar-refractivity contribution >= 4 is 28.7 Å². The molecule has 1 atom stereocenters. The van der Waals surface area contributed by atoms with Gasteiger partial charge in [0.1, 0.15) is 0 Å². The Labute approximate surface area is 161 Å². The molecule has 0 amide bonds. The van der Waals surface area contributed by atoms with Crippen molar-refractivity contribution in [2.24, 2.45) is 0 Å². The molecule has 0 aliphatic carbocycles. The second-order valence-corrected chi connectivity index (χ2v) is 7.09. The van der Waals surface area contributed by atoms with Gasteiger partial charge in [-0.3, -0.25) is 9.78 Å². The zero-order chi connectivity index (χ0) is 19.6. The number of hydrogen-bond acceptors (Lipinski definition) is 4. The molecule has 0 bridgehead atoms. The number of Topliss-reactive ketones (excluding diaryl/α,β-unsaturated/α-hetero) is 1. The third-order valence-electron chi connectivity index (χ3n) is 3.76. The average Bonchev–Trinajstić information content (AvgIpc) is 3.12. The Balaban J connectivity index is 1.87. The van der Waals surface area contributed by atoms with Crippen LogP contribution in [-0.2, 0) is 6.18 Å². The van der Waals surface area contributed by atoms with Crippen molar-refractivity contribution < 1.29 is 18.0 Å². The molecule has 0 radical (unpaired) electrons. The molecule has 0 aliphatic rings. The van der Waals surface area contributed by atoms with Crippen molar-refractivity contribution in [2.45, 2.75) is 12.1 Å². The molecule has 0 saturated heterocycles. The van der Waals surface area contributed by atoms with Crippen LogP contribution in [0, 0.1) is 11.3 Å². The van der Waals surface area contributed by atoms with Gasteiger partial charge in [-0.25, -0.2) is 0 Å². The summed E-state index contributed by atoms with van der Waals surface area (Å²) in [5.41, 5.74) is -0.129. The summed E-state index contributed by atoms with van der Waals surface area (Å²) in [6, 6.07) is 14.1. The molecule has 2 aromatic heterocycles. The van der Waals surface area contributed by atoms with E-state index < -0.39 is 23.4 Å². The highest BCUT2D eigenvalue weighted by molar-refractivity contribution is 7.17. The normalized spacial score (nSPS) is 12.4. The van der Waals surface area contributed by atoms with Crippen molar-refractivity contribution in [2.75, 3.05) is 0 Å². The summed E-state index contributed by atoms with van der Waals surface area (Å²) < 4.78 is 37.9. The van der Waals surface area contributed by atoms with E-state index in [-0.39, 0.29) is 5.69 Å². The van der Waals surface area contributed by atoms with Crippen LogP contribution in [-0.4, -0.2) is 10.8 Å². The maximum Gasteiger partial charge on any atom is 0.417 e. The lowest BCUT2D eigenvalue weighted by Crippen LogP contribution is -2.13. The number of halogens is 4. The molecule has 27 heavy (non-hydrogen) atoms. The number of benzene rings is 1. The fraction of sp³-hybridized carbons (Fsp3) is 0.105. The van der Waals surface area contributed by atoms with Crippen LogP contribution < -0.4 is 0 Å². The molecule has 0 fully saturated rings. The number of alkyl halides is 3. The third-order valence-corrected chi connectivity index (χ3v) is 5.14. The maximum absolute atomic E-state index is 12.7. The largest absolute Gasteiger partial charge is 0.417 e. The van der Waals surface area contributed by atoms with Crippen molar-refractivity contribution in [1.82, 2.24) is 4.98 Å².